The van der Waals surface area contributed by atoms with Crippen molar-refractivity contribution in [2.45, 2.75) is 23.3 Å². The quantitative estimate of drug-likeness (QED) is 0.756. The standard InChI is InChI=1S/C19H22FN3O4S/c1-27-12-10-19(22-28(25,26)16-5-3-2-4-6-16)9-11-23(14-19)18(24)17-8-7-15(20)13-21-17/h2-8,13,22H,9-12,14H2,1H3. The minimum Gasteiger partial charge on any atom is -0.385 e. The molecule has 1 aliphatic heterocycles. The number of carbonyl (C=O) groups is 1. The molecular weight excluding hydrogens is 385 g/mol. The van der Waals surface area contributed by atoms with E-state index in [-0.39, 0.29) is 23.0 Å². The molecule has 7 nitrogen and oxygen atoms in total. The molecule has 28 heavy (non-hydrogen) atoms. The van der Waals surface area contributed by atoms with Crippen LogP contribution in [0, 0.1) is 5.82 Å². The predicted octanol–water partition coefficient (Wildman–Crippen LogP) is 1.82. The van der Waals surface area contributed by atoms with Gasteiger partial charge in [0.2, 0.25) is 10.0 Å². The minimum absolute atomic E-state index is 0.120. The second-order valence-electron chi connectivity index (χ2n) is 6.78. The normalized spacial score (nSPS) is 19.7. The topological polar surface area (TPSA) is 88.6 Å². The molecule has 1 saturated heterocycles. The number of benzene rings is 1. The summed E-state index contributed by atoms with van der Waals surface area (Å²) in [5.41, 5.74) is -0.727. The van der Waals surface area contributed by atoms with Crippen molar-refractivity contribution in [3.63, 3.8) is 0 Å². The summed E-state index contributed by atoms with van der Waals surface area (Å²) in [6.45, 7) is 0.882. The van der Waals surface area contributed by atoms with Crippen LogP contribution in [-0.2, 0) is 14.8 Å². The Kier molecular flexibility index (Phi) is 6.07. The maximum absolute atomic E-state index is 13.1. The molecule has 150 valence electrons. The van der Waals surface area contributed by atoms with Crippen molar-refractivity contribution >= 4 is 15.9 Å². The highest BCUT2D eigenvalue weighted by molar-refractivity contribution is 7.89. The number of ether oxygens (including phenoxy) is 1. The number of nitrogens with one attached hydrogen (secondary N) is 1. The predicted molar refractivity (Wildman–Crippen MR) is 101 cm³/mol. The Morgan fingerprint density at radius 3 is 2.68 bits per heavy atom. The molecule has 1 unspecified atom stereocenters. The maximum atomic E-state index is 13.1. The Hall–Kier alpha value is -2.36. The van der Waals surface area contributed by atoms with Crippen LogP contribution in [0.5, 0.6) is 0 Å². The van der Waals surface area contributed by atoms with Gasteiger partial charge in [-0.25, -0.2) is 22.5 Å². The fourth-order valence-corrected chi connectivity index (χ4v) is 4.76. The molecule has 1 aromatic carbocycles. The van der Waals surface area contributed by atoms with Gasteiger partial charge in [-0.1, -0.05) is 18.2 Å². The van der Waals surface area contributed by atoms with Crippen molar-refractivity contribution in [3.8, 4) is 0 Å². The lowest BCUT2D eigenvalue weighted by Crippen LogP contribution is -2.51. The van der Waals surface area contributed by atoms with E-state index in [4.69, 9.17) is 4.74 Å². The lowest BCUT2D eigenvalue weighted by Gasteiger charge is -2.30. The van der Waals surface area contributed by atoms with Gasteiger partial charge in [0.1, 0.15) is 11.5 Å². The van der Waals surface area contributed by atoms with Gasteiger partial charge in [0.05, 0.1) is 16.6 Å². The first kappa shape index (κ1) is 20.4. The molecule has 3 rings (SSSR count). The number of halogens is 1. The van der Waals surface area contributed by atoms with E-state index in [1.54, 1.807) is 25.3 Å². The molecule has 1 N–H and O–H groups in total. The number of amides is 1. The molecule has 1 atom stereocenters. The fraction of sp³-hybridized carbons (Fsp3) is 0.368. The van der Waals surface area contributed by atoms with Gasteiger partial charge >= 0.3 is 0 Å². The van der Waals surface area contributed by atoms with Gasteiger partial charge in [-0.2, -0.15) is 0 Å². The Bertz CT molecular complexity index is 922. The molecule has 0 radical (unpaired) electrons. The van der Waals surface area contributed by atoms with Crippen molar-refractivity contribution in [3.05, 3.63) is 60.2 Å². The SMILES string of the molecule is COCCC1(NS(=O)(=O)c2ccccc2)CCN(C(=O)c2ccc(F)cn2)C1. The molecule has 1 aliphatic rings. The summed E-state index contributed by atoms with van der Waals surface area (Å²) in [4.78, 5) is 18.2. The van der Waals surface area contributed by atoms with Crippen molar-refractivity contribution in [2.24, 2.45) is 0 Å². The average Bonchev–Trinajstić information content (AvgIpc) is 3.10. The number of rotatable bonds is 7. The van der Waals surface area contributed by atoms with Crippen LogP contribution in [0.25, 0.3) is 0 Å². The first-order chi connectivity index (χ1) is 13.4. The summed E-state index contributed by atoms with van der Waals surface area (Å²) >= 11 is 0. The highest BCUT2D eigenvalue weighted by Gasteiger charge is 2.43. The average molecular weight is 407 g/mol. The number of carbonyl (C=O) groups excluding carboxylic acids is 1. The molecule has 9 heteroatoms. The molecule has 0 bridgehead atoms. The van der Waals surface area contributed by atoms with Crippen molar-refractivity contribution in [1.29, 1.82) is 0 Å². The van der Waals surface area contributed by atoms with Gasteiger partial charge in [-0.05, 0) is 37.1 Å². The number of sulfonamides is 1. The second kappa shape index (κ2) is 8.34. The Balaban J connectivity index is 1.81. The maximum Gasteiger partial charge on any atom is 0.272 e. The van der Waals surface area contributed by atoms with Crippen LogP contribution in [0.3, 0.4) is 0 Å². The van der Waals surface area contributed by atoms with Gasteiger partial charge in [-0.3, -0.25) is 4.79 Å². The van der Waals surface area contributed by atoms with Crippen molar-refractivity contribution in [1.82, 2.24) is 14.6 Å². The second-order valence-corrected chi connectivity index (χ2v) is 8.46. The Morgan fingerprint density at radius 2 is 2.04 bits per heavy atom. The zero-order valence-corrected chi connectivity index (χ0v) is 16.3. The van der Waals surface area contributed by atoms with E-state index < -0.39 is 21.4 Å². The summed E-state index contributed by atoms with van der Waals surface area (Å²) in [5.74, 6) is -0.888. The highest BCUT2D eigenvalue weighted by atomic mass is 32.2. The van der Waals surface area contributed by atoms with E-state index in [9.17, 15) is 17.6 Å². The lowest BCUT2D eigenvalue weighted by atomic mass is 9.96. The first-order valence-corrected chi connectivity index (χ1v) is 10.3. The minimum atomic E-state index is -3.76. The van der Waals surface area contributed by atoms with E-state index in [1.807, 2.05) is 0 Å². The number of aromatic nitrogens is 1. The molecule has 0 spiro atoms. The van der Waals surface area contributed by atoms with Crippen molar-refractivity contribution in [2.75, 3.05) is 26.8 Å². The monoisotopic (exact) mass is 407 g/mol. The van der Waals surface area contributed by atoms with E-state index in [0.717, 1.165) is 6.20 Å². The van der Waals surface area contributed by atoms with Crippen LogP contribution in [0.2, 0.25) is 0 Å². The van der Waals surface area contributed by atoms with Crippen LogP contribution >= 0.6 is 0 Å². The summed E-state index contributed by atoms with van der Waals surface area (Å²) in [5, 5.41) is 0. The van der Waals surface area contributed by atoms with Crippen molar-refractivity contribution < 1.29 is 22.3 Å². The highest BCUT2D eigenvalue weighted by Crippen LogP contribution is 2.28. The van der Waals surface area contributed by atoms with E-state index in [0.29, 0.717) is 26.0 Å². The van der Waals surface area contributed by atoms with Gasteiger partial charge in [0.15, 0.2) is 0 Å². The third-order valence-electron chi connectivity index (χ3n) is 4.78. The summed E-state index contributed by atoms with van der Waals surface area (Å²) in [7, 11) is -2.22. The molecule has 1 fully saturated rings. The summed E-state index contributed by atoms with van der Waals surface area (Å²) in [6.07, 6.45) is 1.84. The molecule has 0 aliphatic carbocycles. The summed E-state index contributed by atoms with van der Waals surface area (Å²) < 4.78 is 46.7. The van der Waals surface area contributed by atoms with Crippen LogP contribution in [0.15, 0.2) is 53.6 Å². The zero-order chi connectivity index (χ0) is 20.2. The van der Waals surface area contributed by atoms with E-state index >= 15 is 0 Å². The Labute approximate surface area is 163 Å². The lowest BCUT2D eigenvalue weighted by molar-refractivity contribution is 0.0769. The first-order valence-electron chi connectivity index (χ1n) is 8.84. The smallest absolute Gasteiger partial charge is 0.272 e. The van der Waals surface area contributed by atoms with Crippen LogP contribution in [0.4, 0.5) is 4.39 Å². The number of likely N-dealkylation sites (tertiary alicyclic amines) is 1. The van der Waals surface area contributed by atoms with Gasteiger partial charge in [0, 0.05) is 26.8 Å². The molecule has 1 amide bonds. The number of hydrogen-bond acceptors (Lipinski definition) is 5. The molecule has 2 heterocycles. The Morgan fingerprint density at radius 1 is 1.29 bits per heavy atom. The number of pyridine rings is 1. The number of hydrogen-bond donors (Lipinski definition) is 1. The van der Waals surface area contributed by atoms with E-state index in [2.05, 4.69) is 9.71 Å². The molecule has 1 aromatic heterocycles. The van der Waals surface area contributed by atoms with Crippen LogP contribution < -0.4 is 4.72 Å². The molecule has 0 saturated carbocycles. The third-order valence-corrected chi connectivity index (χ3v) is 6.37. The molecule has 2 aromatic rings. The van der Waals surface area contributed by atoms with Gasteiger partial charge < -0.3 is 9.64 Å². The number of methoxy groups -OCH3 is 1. The zero-order valence-electron chi connectivity index (χ0n) is 15.5. The van der Waals surface area contributed by atoms with E-state index in [1.165, 1.54) is 29.2 Å². The fourth-order valence-electron chi connectivity index (χ4n) is 3.29. The largest absolute Gasteiger partial charge is 0.385 e. The molecular formula is C19H22FN3O4S. The number of nitrogens with zero attached hydrogens (tertiary/aromatic N) is 2. The third kappa shape index (κ3) is 4.54. The summed E-state index contributed by atoms with van der Waals surface area (Å²) in [6, 6.07) is 10.6. The van der Waals surface area contributed by atoms with Crippen LogP contribution in [-0.4, -0.2) is 56.6 Å². The van der Waals surface area contributed by atoms with Gasteiger partial charge in [-0.15, -0.1) is 0 Å². The van der Waals surface area contributed by atoms with Crippen LogP contribution in [0.1, 0.15) is 23.3 Å². The van der Waals surface area contributed by atoms with Gasteiger partial charge in [0.25, 0.3) is 5.91 Å².